The highest BCUT2D eigenvalue weighted by Gasteiger charge is 2.51. The van der Waals surface area contributed by atoms with Crippen LogP contribution in [-0.4, -0.2) is 7.85 Å². The number of hydrogen-bond donors (Lipinski definition) is 0. The second-order valence-electron chi connectivity index (χ2n) is 8.70. The van der Waals surface area contributed by atoms with E-state index in [4.69, 9.17) is 7.85 Å². The third-order valence-corrected chi connectivity index (χ3v) is 6.99. The minimum Gasteiger partial charge on any atom is -0.0654 e. The minimum atomic E-state index is 0.0414. The molecule has 0 aromatic heterocycles. The highest BCUT2D eigenvalue weighted by Crippen LogP contribution is 2.62. The van der Waals surface area contributed by atoms with Crippen LogP contribution in [0.4, 0.5) is 0 Å². The van der Waals surface area contributed by atoms with Crippen molar-refractivity contribution in [2.24, 2.45) is 29.1 Å². The van der Waals surface area contributed by atoms with Crippen molar-refractivity contribution in [2.75, 3.05) is 0 Å². The fraction of sp³-hybridized carbons (Fsp3) is 1.00. The first-order chi connectivity index (χ1) is 9.70. The molecule has 21 heavy (non-hydrogen) atoms. The summed E-state index contributed by atoms with van der Waals surface area (Å²) in [4.78, 5) is 0. The van der Waals surface area contributed by atoms with Crippen LogP contribution in [0.25, 0.3) is 0 Å². The molecule has 1 rings (SSSR count). The van der Waals surface area contributed by atoms with E-state index < -0.39 is 0 Å². The van der Waals surface area contributed by atoms with Crippen LogP contribution in [0.3, 0.4) is 0 Å². The van der Waals surface area contributed by atoms with Gasteiger partial charge in [0.05, 0.1) is 7.85 Å². The van der Waals surface area contributed by atoms with E-state index in [1.54, 1.807) is 0 Å². The van der Waals surface area contributed by atoms with E-state index in [0.717, 1.165) is 11.8 Å². The Morgan fingerprint density at radius 1 is 0.952 bits per heavy atom. The van der Waals surface area contributed by atoms with Crippen molar-refractivity contribution in [1.29, 1.82) is 0 Å². The maximum absolute atomic E-state index is 7.16. The standard InChI is InChI=1S/C20H39B/c1-8-10-12-18(13-11-9-2)20(21)14-19(6,7)16(4)15(3)17(20)5/h15-18H,8-14H2,1-7H3. The fourth-order valence-electron chi connectivity index (χ4n) is 4.84. The van der Waals surface area contributed by atoms with Crippen LogP contribution in [0.15, 0.2) is 0 Å². The first kappa shape index (κ1) is 19.1. The molecule has 0 heterocycles. The molecule has 0 aromatic carbocycles. The van der Waals surface area contributed by atoms with Gasteiger partial charge in [0.2, 0.25) is 0 Å². The molecular formula is C20H39B. The average molecular weight is 290 g/mol. The molecule has 4 unspecified atom stereocenters. The van der Waals surface area contributed by atoms with E-state index in [2.05, 4.69) is 48.5 Å². The van der Waals surface area contributed by atoms with E-state index in [-0.39, 0.29) is 5.31 Å². The molecule has 0 aromatic rings. The van der Waals surface area contributed by atoms with Crippen LogP contribution in [-0.2, 0) is 0 Å². The van der Waals surface area contributed by atoms with Crippen molar-refractivity contribution in [3.05, 3.63) is 0 Å². The lowest BCUT2D eigenvalue weighted by Gasteiger charge is -2.58. The Morgan fingerprint density at radius 3 is 1.86 bits per heavy atom. The second-order valence-corrected chi connectivity index (χ2v) is 8.70. The van der Waals surface area contributed by atoms with Crippen LogP contribution in [0.2, 0.25) is 5.31 Å². The van der Waals surface area contributed by atoms with Gasteiger partial charge in [0.25, 0.3) is 0 Å². The van der Waals surface area contributed by atoms with Crippen molar-refractivity contribution >= 4 is 7.85 Å². The summed E-state index contributed by atoms with van der Waals surface area (Å²) in [7, 11) is 7.16. The van der Waals surface area contributed by atoms with E-state index in [1.807, 2.05) is 0 Å². The van der Waals surface area contributed by atoms with Crippen molar-refractivity contribution < 1.29 is 0 Å². The van der Waals surface area contributed by atoms with Gasteiger partial charge in [-0.15, -0.1) is 0 Å². The number of unbranched alkanes of at least 4 members (excludes halogenated alkanes) is 2. The molecule has 1 aliphatic carbocycles. The van der Waals surface area contributed by atoms with Gasteiger partial charge in [-0.25, -0.2) is 0 Å². The lowest BCUT2D eigenvalue weighted by Crippen LogP contribution is -2.48. The van der Waals surface area contributed by atoms with Crippen LogP contribution in [0, 0.1) is 29.1 Å². The summed E-state index contributed by atoms with van der Waals surface area (Å²) in [6, 6.07) is 0. The molecule has 1 aliphatic rings. The Hall–Kier alpha value is 0.0649. The average Bonchev–Trinajstić information content (AvgIpc) is 2.43. The molecule has 0 bridgehead atoms. The van der Waals surface area contributed by atoms with Crippen LogP contribution >= 0.6 is 0 Å². The summed E-state index contributed by atoms with van der Waals surface area (Å²) in [5, 5.41) is 0.0414. The molecule has 0 amide bonds. The Morgan fingerprint density at radius 2 is 1.43 bits per heavy atom. The first-order valence-corrected chi connectivity index (χ1v) is 9.49. The molecule has 0 spiro atoms. The SMILES string of the molecule is [B]C1(C(CCCC)CCCC)CC(C)(C)C(C)C(C)C1C. The highest BCUT2D eigenvalue weighted by molar-refractivity contribution is 6.15. The maximum atomic E-state index is 7.16. The normalized spacial score (nSPS) is 36.1. The monoisotopic (exact) mass is 290 g/mol. The summed E-state index contributed by atoms with van der Waals surface area (Å²) in [6.45, 7) is 16.8. The Bertz CT molecular complexity index is 301. The summed E-state index contributed by atoms with van der Waals surface area (Å²) < 4.78 is 0. The van der Waals surface area contributed by atoms with Crippen molar-refractivity contribution in [3.63, 3.8) is 0 Å². The van der Waals surface area contributed by atoms with Crippen LogP contribution in [0.5, 0.6) is 0 Å². The van der Waals surface area contributed by atoms with Gasteiger partial charge >= 0.3 is 0 Å². The van der Waals surface area contributed by atoms with Gasteiger partial charge < -0.3 is 0 Å². The molecule has 0 saturated heterocycles. The number of rotatable bonds is 7. The Kier molecular flexibility index (Phi) is 6.88. The van der Waals surface area contributed by atoms with E-state index >= 15 is 0 Å². The van der Waals surface area contributed by atoms with Crippen molar-refractivity contribution in [3.8, 4) is 0 Å². The predicted octanol–water partition coefficient (Wildman–Crippen LogP) is 6.65. The lowest BCUT2D eigenvalue weighted by molar-refractivity contribution is -0.00725. The van der Waals surface area contributed by atoms with Gasteiger partial charge in [-0.05, 0) is 35.5 Å². The van der Waals surface area contributed by atoms with Gasteiger partial charge in [-0.2, -0.15) is 0 Å². The Balaban J connectivity index is 3.00. The molecule has 4 atom stereocenters. The fourth-order valence-corrected chi connectivity index (χ4v) is 4.84. The first-order valence-electron chi connectivity index (χ1n) is 9.49. The van der Waals surface area contributed by atoms with E-state index in [0.29, 0.717) is 17.3 Å². The zero-order chi connectivity index (χ0) is 16.3. The van der Waals surface area contributed by atoms with Gasteiger partial charge in [-0.3, -0.25) is 0 Å². The largest absolute Gasteiger partial charge is 0.0754 e. The zero-order valence-corrected chi connectivity index (χ0v) is 15.8. The molecule has 2 radical (unpaired) electrons. The van der Waals surface area contributed by atoms with Crippen LogP contribution < -0.4 is 0 Å². The number of hydrogen-bond acceptors (Lipinski definition) is 0. The van der Waals surface area contributed by atoms with E-state index in [9.17, 15) is 0 Å². The van der Waals surface area contributed by atoms with Crippen LogP contribution in [0.1, 0.15) is 93.4 Å². The molecule has 0 N–H and O–H groups in total. The minimum absolute atomic E-state index is 0.0414. The summed E-state index contributed by atoms with van der Waals surface area (Å²) in [5.74, 6) is 2.84. The summed E-state index contributed by atoms with van der Waals surface area (Å²) in [6.07, 6.45) is 9.12. The van der Waals surface area contributed by atoms with Gasteiger partial charge in [0, 0.05) is 0 Å². The molecule has 1 saturated carbocycles. The topological polar surface area (TPSA) is 0 Å². The zero-order valence-electron chi connectivity index (χ0n) is 15.8. The molecule has 0 aliphatic heterocycles. The quantitative estimate of drug-likeness (QED) is 0.460. The third kappa shape index (κ3) is 4.08. The van der Waals surface area contributed by atoms with Crippen molar-refractivity contribution in [2.45, 2.75) is 98.7 Å². The third-order valence-electron chi connectivity index (χ3n) is 6.99. The predicted molar refractivity (Wildman–Crippen MR) is 96.9 cm³/mol. The maximum Gasteiger partial charge on any atom is 0.0754 e. The van der Waals surface area contributed by atoms with Crippen molar-refractivity contribution in [1.82, 2.24) is 0 Å². The molecular weight excluding hydrogens is 251 g/mol. The van der Waals surface area contributed by atoms with Gasteiger partial charge in [0.15, 0.2) is 0 Å². The summed E-state index contributed by atoms with van der Waals surface area (Å²) in [5.41, 5.74) is 0.372. The van der Waals surface area contributed by atoms with Gasteiger partial charge in [-0.1, -0.05) is 92.3 Å². The highest BCUT2D eigenvalue weighted by atomic mass is 14.5. The lowest BCUT2D eigenvalue weighted by atomic mass is 9.40. The van der Waals surface area contributed by atoms with Gasteiger partial charge in [0.1, 0.15) is 0 Å². The van der Waals surface area contributed by atoms with E-state index in [1.165, 1.54) is 44.9 Å². The Labute approximate surface area is 136 Å². The summed E-state index contributed by atoms with van der Waals surface area (Å²) >= 11 is 0. The second kappa shape index (κ2) is 7.56. The molecule has 0 nitrogen and oxygen atoms in total. The smallest absolute Gasteiger partial charge is 0.0654 e. The molecule has 1 heteroatoms. The molecule has 122 valence electrons. The molecule has 1 fully saturated rings.